The molecule has 28 heavy (non-hydrogen) atoms. The number of aryl methyl sites for hydroxylation is 1. The number of sulfonamides is 1. The molecule has 4 rings (SSSR count). The van der Waals surface area contributed by atoms with Crippen LogP contribution in [0.5, 0.6) is 0 Å². The summed E-state index contributed by atoms with van der Waals surface area (Å²) in [5.74, 6) is -0.421. The molecule has 1 amide bonds. The molecule has 8 nitrogen and oxygen atoms in total. The van der Waals surface area contributed by atoms with Crippen LogP contribution in [0.3, 0.4) is 0 Å². The van der Waals surface area contributed by atoms with Crippen molar-refractivity contribution in [2.24, 2.45) is 0 Å². The molecule has 4 aromatic rings. The van der Waals surface area contributed by atoms with E-state index in [-0.39, 0.29) is 11.4 Å². The highest BCUT2D eigenvalue weighted by Gasteiger charge is 2.26. The molecule has 0 saturated heterocycles. The van der Waals surface area contributed by atoms with Gasteiger partial charge >= 0.3 is 0 Å². The Bertz CT molecular complexity index is 1290. The second-order valence-corrected chi connectivity index (χ2v) is 8.68. The van der Waals surface area contributed by atoms with Gasteiger partial charge in [0.1, 0.15) is 4.90 Å². The van der Waals surface area contributed by atoms with Crippen molar-refractivity contribution in [3.05, 3.63) is 60.6 Å². The van der Waals surface area contributed by atoms with Crippen LogP contribution in [-0.4, -0.2) is 46.8 Å². The number of fused-ring (bicyclic) bond motifs is 2. The number of amides is 1. The standard InChI is InChI=1S/C19H19N5O3S/c1-13-8-14-11-20-22-19(14)17(9-13)28(26,27)23(2)12-18(25)21-15-5-7-24-6-3-4-16(24)10-15/h3-11H,12H2,1-2H3,(H,20,22)(H,21,25). The van der Waals surface area contributed by atoms with E-state index in [1.165, 1.54) is 7.05 Å². The molecule has 1 aromatic carbocycles. The zero-order valence-electron chi connectivity index (χ0n) is 15.4. The SMILES string of the molecule is Cc1cc(S(=O)(=O)N(C)CC(=O)Nc2ccn3cccc3c2)c2[nH]ncc2c1. The maximum Gasteiger partial charge on any atom is 0.245 e. The molecule has 0 unspecified atom stereocenters. The summed E-state index contributed by atoms with van der Waals surface area (Å²) in [7, 11) is -2.49. The third-order valence-electron chi connectivity index (χ3n) is 4.53. The van der Waals surface area contributed by atoms with Crippen LogP contribution in [0.4, 0.5) is 5.69 Å². The molecule has 0 aliphatic rings. The zero-order chi connectivity index (χ0) is 19.9. The Kier molecular flexibility index (Phi) is 4.40. The summed E-state index contributed by atoms with van der Waals surface area (Å²) in [5.41, 5.74) is 2.76. The van der Waals surface area contributed by atoms with Gasteiger partial charge in [0, 0.05) is 36.0 Å². The molecule has 0 fully saturated rings. The van der Waals surface area contributed by atoms with Crippen LogP contribution in [-0.2, 0) is 14.8 Å². The van der Waals surface area contributed by atoms with Crippen molar-refractivity contribution in [2.45, 2.75) is 11.8 Å². The second-order valence-electron chi connectivity index (χ2n) is 6.66. The Morgan fingerprint density at radius 2 is 2.07 bits per heavy atom. The summed E-state index contributed by atoms with van der Waals surface area (Å²) in [5, 5.41) is 10.1. The number of aromatic amines is 1. The van der Waals surface area contributed by atoms with Crippen molar-refractivity contribution in [3.63, 3.8) is 0 Å². The molecular formula is C19H19N5O3S. The average molecular weight is 397 g/mol. The second kappa shape index (κ2) is 6.77. The monoisotopic (exact) mass is 397 g/mol. The van der Waals surface area contributed by atoms with Crippen molar-refractivity contribution in [1.82, 2.24) is 18.9 Å². The first-order valence-corrected chi connectivity index (χ1v) is 10.1. The van der Waals surface area contributed by atoms with E-state index in [1.54, 1.807) is 18.3 Å². The number of carbonyl (C=O) groups excluding carboxylic acids is 1. The lowest BCUT2D eigenvalue weighted by molar-refractivity contribution is -0.116. The quantitative estimate of drug-likeness (QED) is 0.540. The predicted molar refractivity (Wildman–Crippen MR) is 107 cm³/mol. The Labute approximate surface area is 161 Å². The lowest BCUT2D eigenvalue weighted by Crippen LogP contribution is -2.35. The minimum Gasteiger partial charge on any atom is -0.325 e. The number of pyridine rings is 1. The first kappa shape index (κ1) is 18.2. The van der Waals surface area contributed by atoms with Gasteiger partial charge in [-0.3, -0.25) is 9.89 Å². The van der Waals surface area contributed by atoms with Crippen LogP contribution in [0.1, 0.15) is 5.56 Å². The highest BCUT2D eigenvalue weighted by Crippen LogP contribution is 2.25. The van der Waals surface area contributed by atoms with E-state index in [0.29, 0.717) is 16.6 Å². The lowest BCUT2D eigenvalue weighted by Gasteiger charge is -2.18. The van der Waals surface area contributed by atoms with E-state index < -0.39 is 15.9 Å². The summed E-state index contributed by atoms with van der Waals surface area (Å²) in [4.78, 5) is 12.5. The first-order chi connectivity index (χ1) is 13.3. The molecule has 3 aromatic heterocycles. The van der Waals surface area contributed by atoms with Gasteiger partial charge in [0.15, 0.2) is 0 Å². The summed E-state index contributed by atoms with van der Waals surface area (Å²) < 4.78 is 29.0. The normalized spacial score (nSPS) is 12.1. The van der Waals surface area contributed by atoms with Gasteiger partial charge in [-0.1, -0.05) is 0 Å². The van der Waals surface area contributed by atoms with Gasteiger partial charge < -0.3 is 9.72 Å². The Hall–Kier alpha value is -3.17. The number of hydrogen-bond acceptors (Lipinski definition) is 4. The van der Waals surface area contributed by atoms with Crippen molar-refractivity contribution in [1.29, 1.82) is 0 Å². The first-order valence-electron chi connectivity index (χ1n) is 8.61. The molecule has 2 N–H and O–H groups in total. The van der Waals surface area contributed by atoms with Gasteiger partial charge in [0.2, 0.25) is 15.9 Å². The molecular weight excluding hydrogens is 378 g/mol. The fourth-order valence-corrected chi connectivity index (χ4v) is 4.52. The van der Waals surface area contributed by atoms with E-state index in [1.807, 2.05) is 48.0 Å². The van der Waals surface area contributed by atoms with E-state index in [9.17, 15) is 13.2 Å². The van der Waals surface area contributed by atoms with Gasteiger partial charge in [0.25, 0.3) is 0 Å². The number of rotatable bonds is 5. The van der Waals surface area contributed by atoms with E-state index >= 15 is 0 Å². The van der Waals surface area contributed by atoms with Crippen LogP contribution in [0, 0.1) is 6.92 Å². The van der Waals surface area contributed by atoms with E-state index in [0.717, 1.165) is 15.4 Å². The molecule has 0 aliphatic carbocycles. The Morgan fingerprint density at radius 1 is 1.25 bits per heavy atom. The van der Waals surface area contributed by atoms with Crippen molar-refractivity contribution >= 4 is 38.0 Å². The number of hydrogen-bond donors (Lipinski definition) is 2. The fourth-order valence-electron chi connectivity index (χ4n) is 3.14. The van der Waals surface area contributed by atoms with Gasteiger partial charge in [-0.15, -0.1) is 0 Å². The Balaban J connectivity index is 1.55. The maximum atomic E-state index is 13.0. The number of nitrogens with one attached hydrogen (secondary N) is 2. The molecule has 0 atom stereocenters. The molecule has 0 bridgehead atoms. The van der Waals surface area contributed by atoms with Crippen LogP contribution in [0.15, 0.2) is 59.9 Å². The number of aromatic nitrogens is 3. The highest BCUT2D eigenvalue weighted by atomic mass is 32.2. The smallest absolute Gasteiger partial charge is 0.245 e. The van der Waals surface area contributed by atoms with Crippen molar-refractivity contribution in [3.8, 4) is 0 Å². The number of carbonyl (C=O) groups is 1. The maximum absolute atomic E-state index is 13.0. The Morgan fingerprint density at radius 3 is 2.89 bits per heavy atom. The van der Waals surface area contributed by atoms with Crippen molar-refractivity contribution in [2.75, 3.05) is 18.9 Å². The number of H-pyrrole nitrogens is 1. The molecule has 3 heterocycles. The summed E-state index contributed by atoms with van der Waals surface area (Å²) in [6.07, 6.45) is 5.30. The van der Waals surface area contributed by atoms with E-state index in [2.05, 4.69) is 15.5 Å². The van der Waals surface area contributed by atoms with Gasteiger partial charge in [-0.2, -0.15) is 9.40 Å². The molecule has 0 saturated carbocycles. The third-order valence-corrected chi connectivity index (χ3v) is 6.35. The van der Waals surface area contributed by atoms with Gasteiger partial charge in [-0.05, 0) is 48.9 Å². The van der Waals surface area contributed by atoms with E-state index in [4.69, 9.17) is 0 Å². The number of nitrogens with zero attached hydrogens (tertiary/aromatic N) is 3. The van der Waals surface area contributed by atoms with Gasteiger partial charge in [0.05, 0.1) is 18.3 Å². The molecule has 9 heteroatoms. The summed E-state index contributed by atoms with van der Waals surface area (Å²) in [6, 6.07) is 10.8. The minimum absolute atomic E-state index is 0.102. The molecule has 0 aliphatic heterocycles. The molecule has 144 valence electrons. The number of likely N-dealkylation sites (N-methyl/N-ethyl adjacent to an activating group) is 1. The summed E-state index contributed by atoms with van der Waals surface area (Å²) >= 11 is 0. The van der Waals surface area contributed by atoms with Crippen LogP contribution in [0.25, 0.3) is 16.4 Å². The number of anilines is 1. The third kappa shape index (κ3) is 3.25. The van der Waals surface area contributed by atoms with Crippen LogP contribution >= 0.6 is 0 Å². The topological polar surface area (TPSA) is 99.6 Å². The summed E-state index contributed by atoms with van der Waals surface area (Å²) in [6.45, 7) is 1.51. The predicted octanol–water partition coefficient (Wildman–Crippen LogP) is 2.38. The fraction of sp³-hybridized carbons (Fsp3) is 0.158. The average Bonchev–Trinajstić information content (AvgIpc) is 3.28. The zero-order valence-corrected chi connectivity index (χ0v) is 16.2. The number of benzene rings is 1. The van der Waals surface area contributed by atoms with Crippen LogP contribution < -0.4 is 5.32 Å². The van der Waals surface area contributed by atoms with Gasteiger partial charge in [-0.25, -0.2) is 8.42 Å². The minimum atomic E-state index is -3.87. The largest absolute Gasteiger partial charge is 0.325 e. The highest BCUT2D eigenvalue weighted by molar-refractivity contribution is 7.89. The van der Waals surface area contributed by atoms with Crippen LogP contribution in [0.2, 0.25) is 0 Å². The molecule has 0 radical (unpaired) electrons. The molecule has 0 spiro atoms. The lowest BCUT2D eigenvalue weighted by atomic mass is 10.2. The van der Waals surface area contributed by atoms with Crippen molar-refractivity contribution < 1.29 is 13.2 Å².